The van der Waals surface area contributed by atoms with Gasteiger partial charge in [0.25, 0.3) is 0 Å². The fourth-order valence-electron chi connectivity index (χ4n) is 1.63. The number of likely N-dealkylation sites (tertiary alicyclic amines) is 1. The van der Waals surface area contributed by atoms with E-state index in [1.165, 1.54) is 0 Å². The highest BCUT2D eigenvalue weighted by Gasteiger charge is 2.29. The number of nitrogens with one attached hydrogen (secondary N) is 1. The molecule has 1 atom stereocenters. The van der Waals surface area contributed by atoms with Gasteiger partial charge in [-0.2, -0.15) is 0 Å². The molecule has 1 unspecified atom stereocenters. The second-order valence-corrected chi connectivity index (χ2v) is 3.25. The van der Waals surface area contributed by atoms with Crippen molar-refractivity contribution < 1.29 is 5.11 Å². The van der Waals surface area contributed by atoms with Gasteiger partial charge in [-0.1, -0.05) is 0 Å². The summed E-state index contributed by atoms with van der Waals surface area (Å²) in [6.07, 6.45) is 0.914. The lowest BCUT2D eigenvalue weighted by atomic mass is 10.1. The number of aliphatic hydroxyl groups excluding tert-OH is 1. The molecule has 0 amide bonds. The number of nitrogens with zero attached hydrogens (tertiary/aromatic N) is 1. The van der Waals surface area contributed by atoms with Crippen molar-refractivity contribution in [2.75, 3.05) is 26.2 Å². The Morgan fingerprint density at radius 2 is 2.20 bits per heavy atom. The predicted molar refractivity (Wildman–Crippen MR) is 38.9 cm³/mol. The largest absolute Gasteiger partial charge is 0.392 e. The van der Waals surface area contributed by atoms with Crippen LogP contribution in [0.4, 0.5) is 0 Å². The topological polar surface area (TPSA) is 35.5 Å². The monoisotopic (exact) mass is 142 g/mol. The molecule has 2 aliphatic rings. The van der Waals surface area contributed by atoms with Gasteiger partial charge in [-0.25, -0.2) is 0 Å². The summed E-state index contributed by atoms with van der Waals surface area (Å²) in [6, 6.07) is 0.720. The molecule has 0 saturated carbocycles. The van der Waals surface area contributed by atoms with Crippen molar-refractivity contribution in [3.63, 3.8) is 0 Å². The number of hydrogen-bond acceptors (Lipinski definition) is 3. The second-order valence-electron chi connectivity index (χ2n) is 3.25. The maximum absolute atomic E-state index is 9.21. The summed E-state index contributed by atoms with van der Waals surface area (Å²) in [5, 5.41) is 12.4. The summed E-state index contributed by atoms with van der Waals surface area (Å²) in [6.45, 7) is 4.22. The van der Waals surface area contributed by atoms with E-state index in [4.69, 9.17) is 0 Å². The third-order valence-electron chi connectivity index (χ3n) is 2.47. The van der Waals surface area contributed by atoms with Crippen LogP contribution in [0.5, 0.6) is 0 Å². The molecule has 3 heteroatoms. The van der Waals surface area contributed by atoms with Crippen molar-refractivity contribution in [3.05, 3.63) is 0 Å². The Hall–Kier alpha value is -0.120. The standard InChI is InChI=1S/C7H14N2O/c10-7-1-2-9(5-7)6-3-8-4-6/h6-8,10H,1-5H2. The van der Waals surface area contributed by atoms with Gasteiger partial charge in [-0.15, -0.1) is 0 Å². The maximum atomic E-state index is 9.21. The molecule has 0 bridgehead atoms. The van der Waals surface area contributed by atoms with Gasteiger partial charge in [-0.05, 0) is 6.42 Å². The van der Waals surface area contributed by atoms with Crippen molar-refractivity contribution in [2.24, 2.45) is 0 Å². The summed E-state index contributed by atoms with van der Waals surface area (Å²) in [5.74, 6) is 0. The van der Waals surface area contributed by atoms with Crippen molar-refractivity contribution in [1.82, 2.24) is 10.2 Å². The van der Waals surface area contributed by atoms with Gasteiger partial charge in [0.15, 0.2) is 0 Å². The molecule has 0 spiro atoms. The lowest BCUT2D eigenvalue weighted by molar-refractivity contribution is 0.136. The fraction of sp³-hybridized carbons (Fsp3) is 1.00. The van der Waals surface area contributed by atoms with Crippen molar-refractivity contribution in [2.45, 2.75) is 18.6 Å². The van der Waals surface area contributed by atoms with Crippen LogP contribution in [0.1, 0.15) is 6.42 Å². The summed E-state index contributed by atoms with van der Waals surface area (Å²) in [5.41, 5.74) is 0. The molecule has 10 heavy (non-hydrogen) atoms. The summed E-state index contributed by atoms with van der Waals surface area (Å²) >= 11 is 0. The summed E-state index contributed by atoms with van der Waals surface area (Å²) < 4.78 is 0. The molecule has 2 aliphatic heterocycles. The van der Waals surface area contributed by atoms with Crippen LogP contribution in [-0.4, -0.2) is 48.3 Å². The van der Waals surface area contributed by atoms with Crippen LogP contribution in [0.25, 0.3) is 0 Å². The zero-order chi connectivity index (χ0) is 6.97. The van der Waals surface area contributed by atoms with Crippen LogP contribution < -0.4 is 5.32 Å². The highest BCUT2D eigenvalue weighted by Crippen LogP contribution is 2.14. The van der Waals surface area contributed by atoms with E-state index >= 15 is 0 Å². The van der Waals surface area contributed by atoms with Crippen LogP contribution in [0, 0.1) is 0 Å². The summed E-state index contributed by atoms with van der Waals surface area (Å²) in [4.78, 5) is 2.38. The zero-order valence-corrected chi connectivity index (χ0v) is 6.08. The number of aliphatic hydroxyl groups is 1. The van der Waals surface area contributed by atoms with E-state index in [1.807, 2.05) is 0 Å². The molecule has 2 rings (SSSR count). The first-order chi connectivity index (χ1) is 4.86. The molecule has 0 aromatic carbocycles. The van der Waals surface area contributed by atoms with Crippen LogP contribution in [-0.2, 0) is 0 Å². The van der Waals surface area contributed by atoms with E-state index in [0.29, 0.717) is 0 Å². The minimum absolute atomic E-state index is 0.0550. The van der Waals surface area contributed by atoms with Crippen LogP contribution in [0.3, 0.4) is 0 Å². The van der Waals surface area contributed by atoms with E-state index in [9.17, 15) is 5.11 Å². The van der Waals surface area contributed by atoms with E-state index < -0.39 is 0 Å². The smallest absolute Gasteiger partial charge is 0.0679 e. The van der Waals surface area contributed by atoms with Gasteiger partial charge in [-0.3, -0.25) is 4.90 Å². The average Bonchev–Trinajstić information content (AvgIpc) is 2.10. The van der Waals surface area contributed by atoms with E-state index in [-0.39, 0.29) is 6.10 Å². The van der Waals surface area contributed by atoms with Gasteiger partial charge in [0, 0.05) is 32.2 Å². The maximum Gasteiger partial charge on any atom is 0.0679 e. The quantitative estimate of drug-likeness (QED) is 0.494. The molecule has 0 aromatic heterocycles. The Morgan fingerprint density at radius 1 is 1.40 bits per heavy atom. The number of rotatable bonds is 1. The Balaban J connectivity index is 1.82. The van der Waals surface area contributed by atoms with Gasteiger partial charge in [0.1, 0.15) is 0 Å². The first-order valence-electron chi connectivity index (χ1n) is 3.99. The lowest BCUT2D eigenvalue weighted by Gasteiger charge is -2.35. The first kappa shape index (κ1) is 6.58. The van der Waals surface area contributed by atoms with Crippen molar-refractivity contribution in [1.29, 1.82) is 0 Å². The molecule has 0 radical (unpaired) electrons. The molecule has 2 fully saturated rings. The third kappa shape index (κ3) is 1.05. The normalized spacial score (nSPS) is 36.3. The van der Waals surface area contributed by atoms with Crippen molar-refractivity contribution in [3.8, 4) is 0 Å². The molecular formula is C7H14N2O. The van der Waals surface area contributed by atoms with E-state index in [0.717, 1.165) is 38.6 Å². The average molecular weight is 142 g/mol. The highest BCUT2D eigenvalue weighted by molar-refractivity contribution is 4.88. The van der Waals surface area contributed by atoms with Gasteiger partial charge in [0.2, 0.25) is 0 Å². The molecule has 3 nitrogen and oxygen atoms in total. The SMILES string of the molecule is OC1CCN(C2CNC2)C1. The fourth-order valence-corrected chi connectivity index (χ4v) is 1.63. The lowest BCUT2D eigenvalue weighted by Crippen LogP contribution is -2.56. The minimum atomic E-state index is -0.0550. The van der Waals surface area contributed by atoms with Gasteiger partial charge < -0.3 is 10.4 Å². The first-order valence-corrected chi connectivity index (χ1v) is 3.99. The summed E-state index contributed by atoms with van der Waals surface area (Å²) in [7, 11) is 0. The Labute approximate surface area is 61.0 Å². The molecular weight excluding hydrogens is 128 g/mol. The van der Waals surface area contributed by atoms with E-state index in [1.54, 1.807) is 0 Å². The Bertz CT molecular complexity index is 125. The highest BCUT2D eigenvalue weighted by atomic mass is 16.3. The zero-order valence-electron chi connectivity index (χ0n) is 6.08. The van der Waals surface area contributed by atoms with Gasteiger partial charge >= 0.3 is 0 Å². The van der Waals surface area contributed by atoms with Gasteiger partial charge in [0.05, 0.1) is 6.10 Å². The van der Waals surface area contributed by atoms with E-state index in [2.05, 4.69) is 10.2 Å². The van der Waals surface area contributed by atoms with Crippen LogP contribution in [0.2, 0.25) is 0 Å². The molecule has 2 N–H and O–H groups in total. The third-order valence-corrected chi connectivity index (χ3v) is 2.47. The molecule has 2 heterocycles. The number of hydrogen-bond donors (Lipinski definition) is 2. The molecule has 0 aliphatic carbocycles. The van der Waals surface area contributed by atoms with Crippen LogP contribution >= 0.6 is 0 Å². The number of β-amino-alcohol motifs (C(OH)–C–C–N with tert-alkyl or cyclic N) is 1. The second kappa shape index (κ2) is 2.49. The molecule has 0 aromatic rings. The Kier molecular flexibility index (Phi) is 1.64. The molecule has 2 saturated heterocycles. The Morgan fingerprint density at radius 3 is 2.60 bits per heavy atom. The predicted octanol–water partition coefficient (Wildman–Crippen LogP) is -0.975. The van der Waals surface area contributed by atoms with Crippen molar-refractivity contribution >= 4 is 0 Å². The molecule has 58 valence electrons. The minimum Gasteiger partial charge on any atom is -0.392 e. The van der Waals surface area contributed by atoms with Crippen LogP contribution in [0.15, 0.2) is 0 Å².